The van der Waals surface area contributed by atoms with E-state index in [0.29, 0.717) is 5.02 Å². The second-order valence-electron chi connectivity index (χ2n) is 6.17. The maximum absolute atomic E-state index is 12.9. The van der Waals surface area contributed by atoms with Crippen molar-refractivity contribution in [1.82, 2.24) is 0 Å². The van der Waals surface area contributed by atoms with Crippen LogP contribution in [0.3, 0.4) is 0 Å². The Morgan fingerprint density at radius 3 is 2.39 bits per heavy atom. The fraction of sp³-hybridized carbons (Fsp3) is 0.0952. The van der Waals surface area contributed by atoms with Crippen molar-refractivity contribution in [1.29, 1.82) is 0 Å². The lowest BCUT2D eigenvalue weighted by Gasteiger charge is -2.13. The maximum atomic E-state index is 12.9. The third kappa shape index (κ3) is 4.35. The average molecular weight is 416 g/mol. The molecule has 0 atom stereocenters. The number of phenols is 1. The number of phenolic OH excluding ortho intramolecular Hbond substituents is 1. The third-order valence-corrected chi connectivity index (χ3v) is 5.84. The van der Waals surface area contributed by atoms with Crippen molar-refractivity contribution < 1.29 is 18.3 Å². The van der Waals surface area contributed by atoms with Gasteiger partial charge < -0.3 is 5.11 Å². The smallest absolute Gasteiger partial charge is 0.261 e. The van der Waals surface area contributed by atoms with Crippen LogP contribution in [0.4, 0.5) is 5.69 Å². The fourth-order valence-electron chi connectivity index (χ4n) is 2.70. The van der Waals surface area contributed by atoms with Crippen LogP contribution in [-0.2, 0) is 16.4 Å². The van der Waals surface area contributed by atoms with Gasteiger partial charge in [-0.15, -0.1) is 0 Å². The topological polar surface area (TPSA) is 83.5 Å². The molecule has 0 bridgehead atoms. The zero-order chi connectivity index (χ0) is 20.3. The first-order valence-corrected chi connectivity index (χ1v) is 10.4. The first-order chi connectivity index (χ1) is 13.3. The predicted molar refractivity (Wildman–Crippen MR) is 110 cm³/mol. The van der Waals surface area contributed by atoms with E-state index in [2.05, 4.69) is 4.72 Å². The molecule has 0 aliphatic rings. The van der Waals surface area contributed by atoms with E-state index in [9.17, 15) is 18.3 Å². The van der Waals surface area contributed by atoms with Crippen LogP contribution in [-0.4, -0.2) is 19.3 Å². The lowest BCUT2D eigenvalue weighted by atomic mass is 10.0. The van der Waals surface area contributed by atoms with E-state index in [4.69, 9.17) is 11.6 Å². The Morgan fingerprint density at radius 1 is 1.04 bits per heavy atom. The monoisotopic (exact) mass is 415 g/mol. The van der Waals surface area contributed by atoms with Crippen LogP contribution in [0.15, 0.2) is 71.6 Å². The molecular weight excluding hydrogens is 398 g/mol. The standard InChI is InChI=1S/C21H18ClNO4S/c1-2-14-6-9-18(10-7-14)28(26,27)23-20-11-8-17(24)13-19(20)21(25)15-4-3-5-16(22)12-15/h3-13,23-24H,2H2,1H3. The summed E-state index contributed by atoms with van der Waals surface area (Å²) in [5.74, 6) is -0.613. The summed E-state index contributed by atoms with van der Waals surface area (Å²) in [6.07, 6.45) is 0.796. The minimum absolute atomic E-state index is 0.0241. The molecule has 144 valence electrons. The van der Waals surface area contributed by atoms with Crippen LogP contribution in [0.1, 0.15) is 28.4 Å². The first kappa shape index (κ1) is 19.9. The molecule has 0 heterocycles. The van der Waals surface area contributed by atoms with Gasteiger partial charge in [-0.05, 0) is 54.4 Å². The lowest BCUT2D eigenvalue weighted by molar-refractivity contribution is 0.103. The number of aromatic hydroxyl groups is 1. The van der Waals surface area contributed by atoms with Crippen molar-refractivity contribution in [3.63, 3.8) is 0 Å². The summed E-state index contributed by atoms with van der Waals surface area (Å²) < 4.78 is 27.9. The number of halogens is 1. The lowest BCUT2D eigenvalue weighted by Crippen LogP contribution is -2.16. The SMILES string of the molecule is CCc1ccc(S(=O)(=O)Nc2ccc(O)cc2C(=O)c2cccc(Cl)c2)cc1. The molecule has 0 aromatic heterocycles. The van der Waals surface area contributed by atoms with Crippen LogP contribution in [0.5, 0.6) is 5.75 Å². The van der Waals surface area contributed by atoms with Gasteiger partial charge in [0, 0.05) is 10.6 Å². The fourth-order valence-corrected chi connectivity index (χ4v) is 3.97. The number of benzene rings is 3. The quantitative estimate of drug-likeness (QED) is 0.453. The minimum Gasteiger partial charge on any atom is -0.508 e. The highest BCUT2D eigenvalue weighted by atomic mass is 35.5. The number of hydrogen-bond acceptors (Lipinski definition) is 4. The van der Waals surface area contributed by atoms with Gasteiger partial charge in [0.2, 0.25) is 0 Å². The van der Waals surface area contributed by atoms with Crippen molar-refractivity contribution in [3.8, 4) is 5.75 Å². The van der Waals surface area contributed by atoms with E-state index in [1.54, 1.807) is 30.3 Å². The Kier molecular flexibility index (Phi) is 5.72. The third-order valence-electron chi connectivity index (χ3n) is 4.22. The molecule has 0 spiro atoms. The minimum atomic E-state index is -3.91. The van der Waals surface area contributed by atoms with Gasteiger partial charge in [-0.1, -0.05) is 42.8 Å². The molecule has 3 aromatic rings. The second-order valence-corrected chi connectivity index (χ2v) is 8.29. The number of carbonyl (C=O) groups excluding carboxylic acids is 1. The van der Waals surface area contributed by atoms with Crippen LogP contribution in [0, 0.1) is 0 Å². The van der Waals surface area contributed by atoms with E-state index in [0.717, 1.165) is 12.0 Å². The molecule has 5 nitrogen and oxygen atoms in total. The number of nitrogens with one attached hydrogen (secondary N) is 1. The summed E-state index contributed by atoms with van der Waals surface area (Å²) in [5.41, 5.74) is 1.39. The Morgan fingerprint density at radius 2 is 1.75 bits per heavy atom. The molecule has 0 saturated heterocycles. The van der Waals surface area contributed by atoms with Gasteiger partial charge in [0.15, 0.2) is 5.78 Å². The van der Waals surface area contributed by atoms with E-state index in [1.165, 1.54) is 36.4 Å². The summed E-state index contributed by atoms with van der Waals surface area (Å²) in [6.45, 7) is 1.98. The van der Waals surface area contributed by atoms with E-state index >= 15 is 0 Å². The highest BCUT2D eigenvalue weighted by Crippen LogP contribution is 2.27. The van der Waals surface area contributed by atoms with Gasteiger partial charge in [0.25, 0.3) is 10.0 Å². The highest BCUT2D eigenvalue weighted by molar-refractivity contribution is 7.92. The number of ketones is 1. The summed E-state index contributed by atoms with van der Waals surface area (Å²) in [6, 6.07) is 16.7. The molecule has 3 aromatic carbocycles. The molecule has 0 fully saturated rings. The van der Waals surface area contributed by atoms with Crippen LogP contribution in [0.25, 0.3) is 0 Å². The normalized spacial score (nSPS) is 11.2. The Hall–Kier alpha value is -2.83. The summed E-state index contributed by atoms with van der Waals surface area (Å²) in [7, 11) is -3.91. The van der Waals surface area contributed by atoms with Crippen molar-refractivity contribution in [2.75, 3.05) is 4.72 Å². The number of aryl methyl sites for hydroxylation is 1. The largest absolute Gasteiger partial charge is 0.508 e. The number of anilines is 1. The van der Waals surface area contributed by atoms with E-state index in [-0.39, 0.29) is 27.5 Å². The highest BCUT2D eigenvalue weighted by Gasteiger charge is 2.20. The second kappa shape index (κ2) is 8.04. The Balaban J connectivity index is 1.99. The molecule has 2 N–H and O–H groups in total. The van der Waals surface area contributed by atoms with Crippen LogP contribution < -0.4 is 4.72 Å². The summed E-state index contributed by atoms with van der Waals surface area (Å²) in [4.78, 5) is 13.0. The summed E-state index contributed by atoms with van der Waals surface area (Å²) >= 11 is 5.95. The van der Waals surface area contributed by atoms with Gasteiger partial charge >= 0.3 is 0 Å². The van der Waals surface area contributed by atoms with Gasteiger partial charge in [-0.25, -0.2) is 8.42 Å². The molecular formula is C21H18ClNO4S. The number of rotatable bonds is 6. The van der Waals surface area contributed by atoms with Crippen molar-refractivity contribution >= 4 is 33.1 Å². The summed E-state index contributed by atoms with van der Waals surface area (Å²) in [5, 5.41) is 10.2. The maximum Gasteiger partial charge on any atom is 0.261 e. The molecule has 3 rings (SSSR count). The zero-order valence-corrected chi connectivity index (χ0v) is 16.6. The first-order valence-electron chi connectivity index (χ1n) is 8.55. The molecule has 0 saturated carbocycles. The van der Waals surface area contributed by atoms with Crippen molar-refractivity contribution in [3.05, 3.63) is 88.4 Å². The zero-order valence-electron chi connectivity index (χ0n) is 15.0. The van der Waals surface area contributed by atoms with Crippen LogP contribution in [0.2, 0.25) is 5.02 Å². The molecule has 0 aliphatic carbocycles. The molecule has 0 unspecified atom stereocenters. The molecule has 0 radical (unpaired) electrons. The van der Waals surface area contributed by atoms with Gasteiger partial charge in [-0.3, -0.25) is 9.52 Å². The molecule has 28 heavy (non-hydrogen) atoms. The number of carbonyl (C=O) groups is 1. The predicted octanol–water partition coefficient (Wildman–Crippen LogP) is 4.64. The Bertz CT molecular complexity index is 1130. The van der Waals surface area contributed by atoms with Crippen molar-refractivity contribution in [2.45, 2.75) is 18.2 Å². The Labute approximate surface area is 168 Å². The van der Waals surface area contributed by atoms with Crippen LogP contribution >= 0.6 is 11.6 Å². The average Bonchev–Trinajstić information content (AvgIpc) is 2.68. The van der Waals surface area contributed by atoms with E-state index < -0.39 is 15.8 Å². The van der Waals surface area contributed by atoms with Gasteiger partial charge in [0.05, 0.1) is 16.1 Å². The number of hydrogen-bond donors (Lipinski definition) is 2. The van der Waals surface area contributed by atoms with E-state index in [1.807, 2.05) is 6.92 Å². The number of sulfonamides is 1. The van der Waals surface area contributed by atoms with Crippen molar-refractivity contribution in [2.24, 2.45) is 0 Å². The molecule has 7 heteroatoms. The molecule has 0 aliphatic heterocycles. The van der Waals surface area contributed by atoms with Gasteiger partial charge in [0.1, 0.15) is 5.75 Å². The van der Waals surface area contributed by atoms with Gasteiger partial charge in [-0.2, -0.15) is 0 Å². The molecule has 0 amide bonds.